The highest BCUT2D eigenvalue weighted by Crippen LogP contribution is 2.37. The number of hydrogen-bond acceptors (Lipinski definition) is 6. The fourth-order valence-corrected chi connectivity index (χ4v) is 3.95. The van der Waals surface area contributed by atoms with Gasteiger partial charge in [0, 0.05) is 23.5 Å². The molecule has 1 aromatic carbocycles. The Morgan fingerprint density at radius 1 is 1.15 bits per heavy atom. The average Bonchev–Trinajstić information content (AvgIpc) is 3.03. The number of nitrogens with zero attached hydrogens (tertiary/aromatic N) is 2. The smallest absolute Gasteiger partial charge is 0.384 e. The fraction of sp³-hybridized carbons (Fsp3) is 0.0667. The number of halogens is 4. The summed E-state index contributed by atoms with van der Waals surface area (Å²) < 4.78 is 61.1. The summed E-state index contributed by atoms with van der Waals surface area (Å²) in [5.74, 6) is 0.337. The van der Waals surface area contributed by atoms with Gasteiger partial charge >= 0.3 is 15.5 Å². The summed E-state index contributed by atoms with van der Waals surface area (Å²) >= 11 is 7.41. The molecule has 0 saturated heterocycles. The fourth-order valence-electron chi connectivity index (χ4n) is 2.10. The van der Waals surface area contributed by atoms with Gasteiger partial charge in [0.15, 0.2) is 0 Å². The van der Waals surface area contributed by atoms with Gasteiger partial charge in [-0.25, -0.2) is 9.97 Å². The van der Waals surface area contributed by atoms with Crippen molar-refractivity contribution >= 4 is 44.5 Å². The highest BCUT2D eigenvalue weighted by molar-refractivity contribution is 7.93. The van der Waals surface area contributed by atoms with E-state index in [0.717, 1.165) is 11.6 Å². The second-order valence-corrected chi connectivity index (χ2v) is 8.36. The van der Waals surface area contributed by atoms with Gasteiger partial charge in [0.25, 0.3) is 0 Å². The number of pyridine rings is 1. The van der Waals surface area contributed by atoms with Crippen molar-refractivity contribution in [3.8, 4) is 21.0 Å². The molecule has 0 radical (unpaired) electrons. The van der Waals surface area contributed by atoms with Crippen LogP contribution in [0.5, 0.6) is 0 Å². The maximum atomic E-state index is 12.5. The number of aromatic nitrogens is 2. The maximum absolute atomic E-state index is 12.5. The minimum atomic E-state index is -5.52. The molecule has 3 aromatic rings. The lowest BCUT2D eigenvalue weighted by molar-refractivity contribution is -0.0429. The van der Waals surface area contributed by atoms with Crippen molar-refractivity contribution in [3.05, 3.63) is 47.7 Å². The molecule has 0 atom stereocenters. The zero-order valence-corrected chi connectivity index (χ0v) is 15.5. The van der Waals surface area contributed by atoms with Crippen LogP contribution in [0.4, 0.5) is 24.7 Å². The molecule has 0 amide bonds. The van der Waals surface area contributed by atoms with E-state index in [-0.39, 0.29) is 10.7 Å². The first kappa shape index (κ1) is 19.4. The molecule has 2 heterocycles. The molecule has 12 heteroatoms. The Morgan fingerprint density at radius 3 is 2.52 bits per heavy atom. The normalized spacial score (nSPS) is 12.1. The van der Waals surface area contributed by atoms with Crippen LogP contribution in [-0.2, 0) is 10.0 Å². The number of benzene rings is 1. The summed E-state index contributed by atoms with van der Waals surface area (Å²) in [5, 5.41) is 0.721. The zero-order valence-electron chi connectivity index (χ0n) is 13.2. The Hall–Kier alpha value is -2.37. The standard InChI is InChI=1S/C15H10ClF3N4O2S2/c16-11-6-9(23-27(24,25)15(17,18)19)1-2-10(11)12-7-22-14(26-12)8-3-4-21-13(20)5-8/h1-7,23H,(H2,20,21). The third kappa shape index (κ3) is 4.15. The molecule has 6 nitrogen and oxygen atoms in total. The van der Waals surface area contributed by atoms with E-state index in [9.17, 15) is 21.6 Å². The first-order valence-electron chi connectivity index (χ1n) is 7.13. The maximum Gasteiger partial charge on any atom is 0.516 e. The number of anilines is 2. The van der Waals surface area contributed by atoms with E-state index in [2.05, 4.69) is 9.97 Å². The van der Waals surface area contributed by atoms with Gasteiger partial charge in [0.2, 0.25) is 0 Å². The second kappa shape index (κ2) is 6.98. The molecule has 3 rings (SSSR count). The van der Waals surface area contributed by atoms with Crippen molar-refractivity contribution in [3.63, 3.8) is 0 Å². The molecule has 0 aliphatic heterocycles. The van der Waals surface area contributed by atoms with Crippen molar-refractivity contribution in [1.29, 1.82) is 0 Å². The lowest BCUT2D eigenvalue weighted by Crippen LogP contribution is -2.29. The van der Waals surface area contributed by atoms with Crippen LogP contribution in [0.25, 0.3) is 21.0 Å². The van der Waals surface area contributed by atoms with Crippen LogP contribution in [-0.4, -0.2) is 23.9 Å². The molecule has 0 aliphatic carbocycles. The summed E-state index contributed by atoms with van der Waals surface area (Å²) in [6, 6.07) is 7.09. The molecule has 0 fully saturated rings. The minimum Gasteiger partial charge on any atom is -0.384 e. The minimum absolute atomic E-state index is 0.0711. The van der Waals surface area contributed by atoms with E-state index in [1.165, 1.54) is 28.2 Å². The van der Waals surface area contributed by atoms with Gasteiger partial charge in [0.1, 0.15) is 10.8 Å². The third-order valence-corrected chi connectivity index (χ3v) is 5.83. The van der Waals surface area contributed by atoms with E-state index in [4.69, 9.17) is 17.3 Å². The van der Waals surface area contributed by atoms with E-state index in [0.29, 0.717) is 21.3 Å². The topological polar surface area (TPSA) is 98.0 Å². The summed E-state index contributed by atoms with van der Waals surface area (Å²) in [5.41, 5.74) is 1.18. The molecule has 27 heavy (non-hydrogen) atoms. The molecule has 0 unspecified atom stereocenters. The van der Waals surface area contributed by atoms with Crippen LogP contribution in [0.1, 0.15) is 0 Å². The number of nitrogens with one attached hydrogen (secondary N) is 1. The SMILES string of the molecule is Nc1cc(-c2ncc(-c3ccc(NS(=O)(=O)C(F)(F)F)cc3Cl)s2)ccn1. The largest absolute Gasteiger partial charge is 0.516 e. The summed E-state index contributed by atoms with van der Waals surface area (Å²) in [4.78, 5) is 8.82. The Morgan fingerprint density at radius 2 is 1.89 bits per heavy atom. The van der Waals surface area contributed by atoms with Gasteiger partial charge in [0.05, 0.1) is 15.6 Å². The number of thiazole rings is 1. The van der Waals surface area contributed by atoms with Crippen LogP contribution in [0, 0.1) is 0 Å². The van der Waals surface area contributed by atoms with Crippen LogP contribution in [0.2, 0.25) is 5.02 Å². The second-order valence-electron chi connectivity index (χ2n) is 5.24. The van der Waals surface area contributed by atoms with Gasteiger partial charge in [-0.1, -0.05) is 11.6 Å². The number of nitrogen functional groups attached to an aromatic ring is 1. The molecule has 0 saturated carbocycles. The zero-order chi connectivity index (χ0) is 19.8. The Balaban J connectivity index is 1.89. The first-order chi connectivity index (χ1) is 12.6. The third-order valence-electron chi connectivity index (χ3n) is 3.33. The van der Waals surface area contributed by atoms with Crippen molar-refractivity contribution in [2.75, 3.05) is 10.5 Å². The van der Waals surface area contributed by atoms with Gasteiger partial charge in [-0.05, 0) is 30.3 Å². The highest BCUT2D eigenvalue weighted by atomic mass is 35.5. The van der Waals surface area contributed by atoms with Gasteiger partial charge in [-0.15, -0.1) is 11.3 Å². The Labute approximate surface area is 160 Å². The van der Waals surface area contributed by atoms with Crippen molar-refractivity contribution in [2.24, 2.45) is 0 Å². The van der Waals surface area contributed by atoms with Crippen LogP contribution in [0.3, 0.4) is 0 Å². The van der Waals surface area contributed by atoms with E-state index in [1.807, 2.05) is 0 Å². The molecule has 142 valence electrons. The number of alkyl halides is 3. The average molecular weight is 435 g/mol. The Kier molecular flexibility index (Phi) is 5.02. The predicted molar refractivity (Wildman–Crippen MR) is 98.8 cm³/mol. The first-order valence-corrected chi connectivity index (χ1v) is 9.81. The quantitative estimate of drug-likeness (QED) is 0.635. The van der Waals surface area contributed by atoms with Crippen molar-refractivity contribution in [2.45, 2.75) is 5.51 Å². The number of nitrogens with two attached hydrogens (primary N) is 1. The van der Waals surface area contributed by atoms with E-state index >= 15 is 0 Å². The molecule has 3 N–H and O–H groups in total. The summed E-state index contributed by atoms with van der Waals surface area (Å²) in [6.07, 6.45) is 3.09. The molecule has 0 spiro atoms. The Bertz CT molecular complexity index is 1100. The van der Waals surface area contributed by atoms with Crippen LogP contribution >= 0.6 is 22.9 Å². The van der Waals surface area contributed by atoms with E-state index < -0.39 is 15.5 Å². The lowest BCUT2D eigenvalue weighted by atomic mass is 10.2. The lowest BCUT2D eigenvalue weighted by Gasteiger charge is -2.11. The molecular formula is C15H10ClF3N4O2S2. The van der Waals surface area contributed by atoms with Crippen molar-refractivity contribution in [1.82, 2.24) is 9.97 Å². The van der Waals surface area contributed by atoms with E-state index in [1.54, 1.807) is 24.5 Å². The summed E-state index contributed by atoms with van der Waals surface area (Å²) in [7, 11) is -5.52. The number of rotatable bonds is 4. The number of hydrogen-bond donors (Lipinski definition) is 2. The van der Waals surface area contributed by atoms with Gasteiger partial charge < -0.3 is 5.73 Å². The number of sulfonamides is 1. The predicted octanol–water partition coefficient (Wildman–Crippen LogP) is 4.37. The molecular weight excluding hydrogens is 425 g/mol. The van der Waals surface area contributed by atoms with Gasteiger partial charge in [-0.3, -0.25) is 4.72 Å². The van der Waals surface area contributed by atoms with Crippen LogP contribution < -0.4 is 10.5 Å². The monoisotopic (exact) mass is 434 g/mol. The van der Waals surface area contributed by atoms with Gasteiger partial charge in [-0.2, -0.15) is 21.6 Å². The molecule has 2 aromatic heterocycles. The van der Waals surface area contributed by atoms with Crippen LogP contribution in [0.15, 0.2) is 42.7 Å². The highest BCUT2D eigenvalue weighted by Gasteiger charge is 2.46. The molecule has 0 aliphatic rings. The van der Waals surface area contributed by atoms with Crippen molar-refractivity contribution < 1.29 is 21.6 Å². The summed E-state index contributed by atoms with van der Waals surface area (Å²) in [6.45, 7) is 0. The molecule has 0 bridgehead atoms.